The molecular weight excluding hydrogens is 317 g/mol. The molecule has 1 rings (SSSR count). The molecule has 0 fully saturated rings. The SMILES string of the molecule is CON[C@@H](CC(C)C)C(=O)OP(=O)(Cl)Oc1ccccc1. The minimum atomic E-state index is -4.06. The maximum absolute atomic E-state index is 12.0. The summed E-state index contributed by atoms with van der Waals surface area (Å²) in [6, 6.07) is 7.47. The zero-order valence-electron chi connectivity index (χ0n) is 12.1. The monoisotopic (exact) mass is 335 g/mol. The van der Waals surface area contributed by atoms with Gasteiger partial charge in [0.15, 0.2) is 0 Å². The van der Waals surface area contributed by atoms with Gasteiger partial charge in [0.2, 0.25) is 0 Å². The highest BCUT2D eigenvalue weighted by Crippen LogP contribution is 2.53. The molecule has 0 saturated heterocycles. The molecule has 0 aliphatic rings. The summed E-state index contributed by atoms with van der Waals surface area (Å²) in [5.41, 5.74) is 2.49. The van der Waals surface area contributed by atoms with E-state index >= 15 is 0 Å². The number of rotatable bonds is 8. The van der Waals surface area contributed by atoms with Gasteiger partial charge in [0.25, 0.3) is 0 Å². The number of hydrogen-bond acceptors (Lipinski definition) is 6. The van der Waals surface area contributed by atoms with E-state index in [1.54, 1.807) is 30.3 Å². The van der Waals surface area contributed by atoms with Crippen molar-refractivity contribution >= 4 is 24.2 Å². The van der Waals surface area contributed by atoms with Crippen molar-refractivity contribution in [3.05, 3.63) is 30.3 Å². The van der Waals surface area contributed by atoms with Crippen molar-refractivity contribution in [2.45, 2.75) is 26.3 Å². The zero-order valence-corrected chi connectivity index (χ0v) is 13.8. The summed E-state index contributed by atoms with van der Waals surface area (Å²) in [4.78, 5) is 16.7. The normalized spacial score (nSPS) is 15.3. The number of carbonyl (C=O) groups is 1. The lowest BCUT2D eigenvalue weighted by Crippen LogP contribution is -2.38. The predicted molar refractivity (Wildman–Crippen MR) is 80.0 cm³/mol. The van der Waals surface area contributed by atoms with E-state index in [0.29, 0.717) is 6.42 Å². The van der Waals surface area contributed by atoms with Crippen molar-refractivity contribution in [1.82, 2.24) is 5.48 Å². The molecule has 0 spiro atoms. The van der Waals surface area contributed by atoms with Gasteiger partial charge in [-0.15, -0.1) is 0 Å². The van der Waals surface area contributed by atoms with Gasteiger partial charge in [-0.2, -0.15) is 5.48 Å². The van der Waals surface area contributed by atoms with Gasteiger partial charge >= 0.3 is 12.9 Å². The van der Waals surface area contributed by atoms with Gasteiger partial charge in [-0.1, -0.05) is 32.0 Å². The minimum Gasteiger partial charge on any atom is -0.405 e. The van der Waals surface area contributed by atoms with Crippen LogP contribution >= 0.6 is 18.2 Å². The molecule has 0 saturated carbocycles. The third kappa shape index (κ3) is 6.96. The highest BCUT2D eigenvalue weighted by atomic mass is 35.7. The van der Waals surface area contributed by atoms with Gasteiger partial charge in [-0.25, -0.2) is 9.36 Å². The van der Waals surface area contributed by atoms with Crippen molar-refractivity contribution in [2.75, 3.05) is 7.11 Å². The molecule has 0 amide bonds. The molecule has 1 unspecified atom stereocenters. The summed E-state index contributed by atoms with van der Waals surface area (Å²) < 4.78 is 21.8. The Balaban J connectivity index is 2.67. The zero-order chi connectivity index (χ0) is 15.9. The van der Waals surface area contributed by atoms with Crippen molar-refractivity contribution < 1.29 is 23.2 Å². The molecule has 0 aromatic heterocycles. The molecule has 0 heterocycles. The van der Waals surface area contributed by atoms with Crippen molar-refractivity contribution in [3.63, 3.8) is 0 Å². The summed E-state index contributed by atoms with van der Waals surface area (Å²) in [7, 11) is 1.38. The summed E-state index contributed by atoms with van der Waals surface area (Å²) in [6.45, 7) is -0.207. The van der Waals surface area contributed by atoms with Crippen LogP contribution in [0.5, 0.6) is 5.75 Å². The van der Waals surface area contributed by atoms with Gasteiger partial charge in [0, 0.05) is 11.2 Å². The van der Waals surface area contributed by atoms with Gasteiger partial charge in [-0.3, -0.25) is 0 Å². The number of halogens is 1. The molecule has 1 N–H and O–H groups in total. The fraction of sp³-hybridized carbons (Fsp3) is 0.462. The summed E-state index contributed by atoms with van der Waals surface area (Å²) in [5.74, 6) is -0.335. The van der Waals surface area contributed by atoms with Gasteiger partial charge in [0.1, 0.15) is 11.8 Å². The van der Waals surface area contributed by atoms with E-state index in [-0.39, 0.29) is 11.7 Å². The van der Waals surface area contributed by atoms with Crippen LogP contribution in [0.2, 0.25) is 0 Å². The molecule has 1 aromatic rings. The average molecular weight is 336 g/mol. The Morgan fingerprint density at radius 1 is 1.33 bits per heavy atom. The molecule has 21 heavy (non-hydrogen) atoms. The lowest BCUT2D eigenvalue weighted by molar-refractivity contribution is -0.141. The van der Waals surface area contributed by atoms with E-state index in [1.807, 2.05) is 13.8 Å². The van der Waals surface area contributed by atoms with Crippen LogP contribution in [0, 0.1) is 5.92 Å². The molecule has 0 aliphatic carbocycles. The Hall–Kier alpha value is -1.07. The van der Waals surface area contributed by atoms with Gasteiger partial charge < -0.3 is 13.9 Å². The Morgan fingerprint density at radius 2 is 1.95 bits per heavy atom. The first-order valence-corrected chi connectivity index (χ1v) is 8.85. The van der Waals surface area contributed by atoms with Crippen LogP contribution in [0.25, 0.3) is 0 Å². The topological polar surface area (TPSA) is 73.9 Å². The Bertz CT molecular complexity index is 497. The Kier molecular flexibility index (Phi) is 7.18. The quantitative estimate of drug-likeness (QED) is 0.578. The smallest absolute Gasteiger partial charge is 0.405 e. The molecule has 1 aromatic carbocycles. The largest absolute Gasteiger partial charge is 0.532 e. The number of hydroxylamine groups is 1. The van der Waals surface area contributed by atoms with E-state index in [0.717, 1.165) is 0 Å². The highest BCUT2D eigenvalue weighted by molar-refractivity contribution is 7.82. The third-order valence-electron chi connectivity index (χ3n) is 2.41. The summed E-state index contributed by atoms with van der Waals surface area (Å²) in [6.07, 6.45) is 0.439. The predicted octanol–water partition coefficient (Wildman–Crippen LogP) is 3.52. The number of nitrogens with one attached hydrogen (secondary N) is 1. The fourth-order valence-electron chi connectivity index (χ4n) is 1.60. The number of hydrogen-bond donors (Lipinski definition) is 1. The minimum absolute atomic E-state index is 0.204. The van der Waals surface area contributed by atoms with Crippen LogP contribution in [0.1, 0.15) is 20.3 Å². The second kappa shape index (κ2) is 8.39. The van der Waals surface area contributed by atoms with Gasteiger partial charge in [0.05, 0.1) is 7.11 Å². The standard InChI is InChI=1S/C13H19ClNO5P/c1-10(2)9-12(15-18-3)13(16)20-21(14,17)19-11-7-5-4-6-8-11/h4-8,10,12,15H,9H2,1-3H3/t12-,21?/m0/s1. The molecule has 0 radical (unpaired) electrons. The van der Waals surface area contributed by atoms with Crippen LogP contribution in [-0.2, 0) is 18.7 Å². The lowest BCUT2D eigenvalue weighted by Gasteiger charge is -2.19. The summed E-state index contributed by atoms with van der Waals surface area (Å²) >= 11 is 5.67. The van der Waals surface area contributed by atoms with Crippen molar-refractivity contribution in [1.29, 1.82) is 0 Å². The molecule has 6 nitrogen and oxygen atoms in total. The van der Waals surface area contributed by atoms with Crippen molar-refractivity contribution in [2.24, 2.45) is 5.92 Å². The second-order valence-corrected chi connectivity index (χ2v) is 7.22. The lowest BCUT2D eigenvalue weighted by atomic mass is 10.1. The van der Waals surface area contributed by atoms with E-state index in [4.69, 9.17) is 25.1 Å². The van der Waals surface area contributed by atoms with Crippen LogP contribution in [0.15, 0.2) is 30.3 Å². The molecule has 0 bridgehead atoms. The fourth-order valence-corrected chi connectivity index (χ4v) is 2.80. The molecule has 8 heteroatoms. The van der Waals surface area contributed by atoms with Gasteiger partial charge in [-0.05, 0) is 24.5 Å². The Labute approximate surface area is 129 Å². The first kappa shape index (κ1) is 18.0. The van der Waals surface area contributed by atoms with Crippen molar-refractivity contribution in [3.8, 4) is 5.75 Å². The molecule has 0 aliphatic heterocycles. The second-order valence-electron chi connectivity index (χ2n) is 4.75. The average Bonchev–Trinajstić information content (AvgIpc) is 2.37. The van der Waals surface area contributed by atoms with Crippen LogP contribution in [0.3, 0.4) is 0 Å². The molecular formula is C13H19ClNO5P. The number of para-hydroxylation sites is 1. The Morgan fingerprint density at radius 3 is 2.48 bits per heavy atom. The van der Waals surface area contributed by atoms with E-state index in [2.05, 4.69) is 5.48 Å². The number of benzene rings is 1. The maximum Gasteiger partial charge on any atom is 0.532 e. The third-order valence-corrected chi connectivity index (χ3v) is 3.65. The molecule has 118 valence electrons. The van der Waals surface area contributed by atoms with E-state index in [9.17, 15) is 9.36 Å². The van der Waals surface area contributed by atoms with E-state index in [1.165, 1.54) is 7.11 Å². The number of carbonyl (C=O) groups excluding carboxylic acids is 1. The van der Waals surface area contributed by atoms with Crippen LogP contribution in [0.4, 0.5) is 0 Å². The summed E-state index contributed by atoms with van der Waals surface area (Å²) in [5, 5.41) is 0. The first-order valence-electron chi connectivity index (χ1n) is 6.40. The van der Waals surface area contributed by atoms with E-state index < -0.39 is 19.0 Å². The van der Waals surface area contributed by atoms with Crippen LogP contribution < -0.4 is 10.0 Å². The van der Waals surface area contributed by atoms with Crippen LogP contribution in [-0.4, -0.2) is 19.1 Å². The highest BCUT2D eigenvalue weighted by Gasteiger charge is 2.32. The molecule has 2 atom stereocenters. The first-order chi connectivity index (χ1) is 9.84. The maximum atomic E-state index is 12.0.